The zero-order valence-corrected chi connectivity index (χ0v) is 6.53. The van der Waals surface area contributed by atoms with E-state index in [1.807, 2.05) is 0 Å². The van der Waals surface area contributed by atoms with Crippen LogP contribution in [-0.4, -0.2) is 23.2 Å². The van der Waals surface area contributed by atoms with E-state index in [0.717, 1.165) is 0 Å². The first-order valence-corrected chi connectivity index (χ1v) is 3.37. The van der Waals surface area contributed by atoms with E-state index in [1.165, 1.54) is 19.4 Å². The molecule has 0 aromatic carbocycles. The average Bonchev–Trinajstić information content (AvgIpc) is 2.51. The molecular formula is C7H8N2O3. The Bertz CT molecular complexity index is 279. The third-order valence-corrected chi connectivity index (χ3v) is 1.17. The van der Waals surface area contributed by atoms with E-state index < -0.39 is 0 Å². The van der Waals surface area contributed by atoms with Gasteiger partial charge in [-0.15, -0.1) is 0 Å². The maximum atomic E-state index is 11.0. The Morgan fingerprint density at radius 2 is 2.42 bits per heavy atom. The van der Waals surface area contributed by atoms with E-state index in [2.05, 4.69) is 10.3 Å². The van der Waals surface area contributed by atoms with Crippen LogP contribution in [-0.2, 0) is 4.79 Å². The molecule has 1 rings (SSSR count). The van der Waals surface area contributed by atoms with Crippen LogP contribution in [0.5, 0.6) is 0 Å². The van der Waals surface area contributed by atoms with Crippen molar-refractivity contribution in [2.45, 2.75) is 6.92 Å². The number of hydrogen-bond donors (Lipinski definition) is 1. The molecule has 0 fully saturated rings. The molecule has 5 nitrogen and oxygen atoms in total. The highest BCUT2D eigenvalue weighted by molar-refractivity contribution is 5.95. The number of rotatable bonds is 3. The molecule has 0 spiro atoms. The lowest BCUT2D eigenvalue weighted by molar-refractivity contribution is -0.118. The van der Waals surface area contributed by atoms with Crippen LogP contribution in [0.15, 0.2) is 16.9 Å². The fourth-order valence-electron chi connectivity index (χ4n) is 0.642. The Hall–Kier alpha value is -1.65. The summed E-state index contributed by atoms with van der Waals surface area (Å²) in [5, 5.41) is 2.35. The van der Waals surface area contributed by atoms with Gasteiger partial charge in [-0.25, -0.2) is 4.98 Å². The SMILES string of the molecule is CC(=O)NCC(=O)c1ncco1. The molecule has 0 bridgehead atoms. The molecule has 64 valence electrons. The molecule has 0 unspecified atom stereocenters. The van der Waals surface area contributed by atoms with Crippen molar-refractivity contribution in [3.63, 3.8) is 0 Å². The van der Waals surface area contributed by atoms with Crippen LogP contribution < -0.4 is 5.32 Å². The van der Waals surface area contributed by atoms with Gasteiger partial charge in [-0.3, -0.25) is 9.59 Å². The van der Waals surface area contributed by atoms with Crippen molar-refractivity contribution in [2.24, 2.45) is 0 Å². The number of nitrogens with one attached hydrogen (secondary N) is 1. The van der Waals surface area contributed by atoms with E-state index >= 15 is 0 Å². The fraction of sp³-hybridized carbons (Fsp3) is 0.286. The zero-order chi connectivity index (χ0) is 8.97. The smallest absolute Gasteiger partial charge is 0.264 e. The standard InChI is InChI=1S/C7H8N2O3/c1-5(10)9-4-6(11)7-8-2-3-12-7/h2-3H,4H2,1H3,(H,9,10). The molecule has 5 heteroatoms. The number of oxazole rings is 1. The molecule has 1 aromatic rings. The second-order valence-corrected chi connectivity index (χ2v) is 2.17. The Labute approximate surface area is 68.8 Å². The molecule has 0 atom stereocenters. The second-order valence-electron chi connectivity index (χ2n) is 2.17. The normalized spacial score (nSPS) is 9.42. The lowest BCUT2D eigenvalue weighted by Crippen LogP contribution is -2.27. The summed E-state index contributed by atoms with van der Waals surface area (Å²) >= 11 is 0. The predicted molar refractivity (Wildman–Crippen MR) is 39.5 cm³/mol. The zero-order valence-electron chi connectivity index (χ0n) is 6.53. The molecule has 12 heavy (non-hydrogen) atoms. The van der Waals surface area contributed by atoms with Gasteiger partial charge >= 0.3 is 0 Å². The molecular weight excluding hydrogens is 160 g/mol. The van der Waals surface area contributed by atoms with Crippen LogP contribution >= 0.6 is 0 Å². The summed E-state index contributed by atoms with van der Waals surface area (Å²) in [7, 11) is 0. The Kier molecular flexibility index (Phi) is 2.57. The first kappa shape index (κ1) is 8.45. The number of Topliss-reactive ketones (excluding diaryl/α,β-unsaturated/α-hetero) is 1. The molecule has 0 saturated carbocycles. The molecule has 0 radical (unpaired) electrons. The van der Waals surface area contributed by atoms with Crippen molar-refractivity contribution in [1.82, 2.24) is 10.3 Å². The second kappa shape index (κ2) is 3.66. The van der Waals surface area contributed by atoms with Crippen LogP contribution in [0.3, 0.4) is 0 Å². The van der Waals surface area contributed by atoms with Crippen molar-refractivity contribution >= 4 is 11.7 Å². The van der Waals surface area contributed by atoms with Gasteiger partial charge in [-0.2, -0.15) is 0 Å². The first-order valence-electron chi connectivity index (χ1n) is 3.37. The predicted octanol–water partition coefficient (Wildman–Crippen LogP) is -0.00660. The van der Waals surface area contributed by atoms with Crippen molar-refractivity contribution in [1.29, 1.82) is 0 Å². The van der Waals surface area contributed by atoms with Gasteiger partial charge in [0, 0.05) is 6.92 Å². The Balaban J connectivity index is 2.45. The van der Waals surface area contributed by atoms with Gasteiger partial charge in [0.2, 0.25) is 11.7 Å². The van der Waals surface area contributed by atoms with Crippen molar-refractivity contribution in [3.05, 3.63) is 18.4 Å². The number of amides is 1. The van der Waals surface area contributed by atoms with Gasteiger partial charge in [-0.1, -0.05) is 0 Å². The highest BCUT2D eigenvalue weighted by Crippen LogP contribution is 1.94. The molecule has 0 saturated heterocycles. The summed E-state index contributed by atoms with van der Waals surface area (Å²) in [5.74, 6) is -0.575. The first-order chi connectivity index (χ1) is 5.70. The van der Waals surface area contributed by atoms with Gasteiger partial charge in [0.1, 0.15) is 6.26 Å². The van der Waals surface area contributed by atoms with Gasteiger partial charge in [0.15, 0.2) is 0 Å². The van der Waals surface area contributed by atoms with Crippen LogP contribution in [0, 0.1) is 0 Å². The minimum absolute atomic E-state index is 0.0174. The summed E-state index contributed by atoms with van der Waals surface area (Å²) in [6.45, 7) is 1.26. The van der Waals surface area contributed by atoms with Crippen LogP contribution in [0.25, 0.3) is 0 Å². The molecule has 1 amide bonds. The summed E-state index contributed by atoms with van der Waals surface area (Å²) in [6, 6.07) is 0. The van der Waals surface area contributed by atoms with Crippen molar-refractivity contribution < 1.29 is 14.0 Å². The molecule has 0 aliphatic heterocycles. The monoisotopic (exact) mass is 168 g/mol. The summed E-state index contributed by atoms with van der Waals surface area (Å²) in [6.07, 6.45) is 2.68. The van der Waals surface area contributed by atoms with E-state index in [9.17, 15) is 9.59 Å². The van der Waals surface area contributed by atoms with E-state index in [-0.39, 0.29) is 24.1 Å². The largest absolute Gasteiger partial charge is 0.442 e. The van der Waals surface area contributed by atoms with E-state index in [4.69, 9.17) is 4.42 Å². The number of carbonyl (C=O) groups excluding carboxylic acids is 2. The third kappa shape index (κ3) is 2.19. The molecule has 1 aromatic heterocycles. The lowest BCUT2D eigenvalue weighted by atomic mass is 10.4. The van der Waals surface area contributed by atoms with Gasteiger partial charge in [0.05, 0.1) is 12.7 Å². The van der Waals surface area contributed by atoms with Gasteiger partial charge in [0.25, 0.3) is 5.89 Å². The quantitative estimate of drug-likeness (QED) is 0.644. The third-order valence-electron chi connectivity index (χ3n) is 1.17. The molecule has 0 aliphatic rings. The topological polar surface area (TPSA) is 72.2 Å². The van der Waals surface area contributed by atoms with Gasteiger partial charge < -0.3 is 9.73 Å². The molecule has 1 heterocycles. The van der Waals surface area contributed by atoms with Crippen LogP contribution in [0.4, 0.5) is 0 Å². The van der Waals surface area contributed by atoms with E-state index in [1.54, 1.807) is 0 Å². The average molecular weight is 168 g/mol. The van der Waals surface area contributed by atoms with Crippen LogP contribution in [0.1, 0.15) is 17.6 Å². The number of nitrogens with zero attached hydrogens (tertiary/aromatic N) is 1. The highest BCUT2D eigenvalue weighted by atomic mass is 16.3. The van der Waals surface area contributed by atoms with Crippen LogP contribution in [0.2, 0.25) is 0 Å². The number of aromatic nitrogens is 1. The maximum Gasteiger partial charge on any atom is 0.264 e. The van der Waals surface area contributed by atoms with Crippen molar-refractivity contribution in [3.8, 4) is 0 Å². The maximum absolute atomic E-state index is 11.0. The minimum atomic E-state index is -0.338. The fourth-order valence-corrected chi connectivity index (χ4v) is 0.642. The van der Waals surface area contributed by atoms with E-state index in [0.29, 0.717) is 0 Å². The van der Waals surface area contributed by atoms with Crippen molar-refractivity contribution in [2.75, 3.05) is 6.54 Å². The Morgan fingerprint density at radius 3 is 2.92 bits per heavy atom. The Morgan fingerprint density at radius 1 is 1.67 bits per heavy atom. The number of carbonyl (C=O) groups is 2. The number of hydrogen-bond acceptors (Lipinski definition) is 4. The molecule has 0 aliphatic carbocycles. The summed E-state index contributed by atoms with van der Waals surface area (Å²) < 4.78 is 4.72. The summed E-state index contributed by atoms with van der Waals surface area (Å²) in [4.78, 5) is 25.1. The molecule has 1 N–H and O–H groups in total. The minimum Gasteiger partial charge on any atom is -0.442 e. The number of ketones is 1. The van der Waals surface area contributed by atoms with Gasteiger partial charge in [-0.05, 0) is 0 Å². The highest BCUT2D eigenvalue weighted by Gasteiger charge is 2.09. The summed E-state index contributed by atoms with van der Waals surface area (Å²) in [5.41, 5.74) is 0. The lowest BCUT2D eigenvalue weighted by Gasteiger charge is -1.96.